The number of hydrogen-bond donors (Lipinski definition) is 2. The van der Waals surface area contributed by atoms with Crippen molar-refractivity contribution in [1.29, 1.82) is 0 Å². The number of aromatic amines is 1. The molecule has 0 aliphatic carbocycles. The Balaban J connectivity index is 2.41. The fourth-order valence-electron chi connectivity index (χ4n) is 2.75. The molecule has 1 aliphatic rings. The lowest BCUT2D eigenvalue weighted by atomic mass is 9.92. The summed E-state index contributed by atoms with van der Waals surface area (Å²) >= 11 is 0. The highest BCUT2D eigenvalue weighted by Gasteiger charge is 2.55. The molecule has 0 amide bonds. The minimum atomic E-state index is -1.65. The monoisotopic (exact) mass is 352 g/mol. The number of esters is 1. The van der Waals surface area contributed by atoms with Crippen molar-refractivity contribution >= 4 is 5.97 Å². The Morgan fingerprint density at radius 2 is 2.20 bits per heavy atom. The quantitative estimate of drug-likeness (QED) is 0.612. The zero-order valence-electron chi connectivity index (χ0n) is 14.9. The fourth-order valence-corrected chi connectivity index (χ4v) is 2.75. The van der Waals surface area contributed by atoms with Gasteiger partial charge in [0.15, 0.2) is 5.60 Å². The van der Waals surface area contributed by atoms with E-state index < -0.39 is 40.8 Å². The van der Waals surface area contributed by atoms with Crippen LogP contribution < -0.4 is 11.2 Å². The average molecular weight is 352 g/mol. The maximum absolute atomic E-state index is 12.7. The number of nitrogens with one attached hydrogen (secondary N) is 1. The van der Waals surface area contributed by atoms with E-state index in [0.717, 1.165) is 4.57 Å². The van der Waals surface area contributed by atoms with Crippen molar-refractivity contribution in [2.24, 2.45) is 0 Å². The first-order valence-corrected chi connectivity index (χ1v) is 8.02. The summed E-state index contributed by atoms with van der Waals surface area (Å²) in [4.78, 5) is 38.4. The van der Waals surface area contributed by atoms with Crippen molar-refractivity contribution in [3.63, 3.8) is 0 Å². The van der Waals surface area contributed by atoms with Crippen molar-refractivity contribution in [2.45, 2.75) is 64.1 Å². The number of ether oxygens (including phenoxy) is 2. The first-order chi connectivity index (χ1) is 11.5. The second-order valence-electron chi connectivity index (χ2n) is 7.19. The van der Waals surface area contributed by atoms with Gasteiger partial charge in [-0.15, -0.1) is 6.58 Å². The highest BCUT2D eigenvalue weighted by atomic mass is 16.6. The number of carbonyl (C=O) groups is 1. The van der Waals surface area contributed by atoms with Crippen molar-refractivity contribution in [1.82, 2.24) is 9.55 Å². The van der Waals surface area contributed by atoms with Gasteiger partial charge in [0.2, 0.25) is 0 Å². The van der Waals surface area contributed by atoms with Crippen LogP contribution >= 0.6 is 0 Å². The van der Waals surface area contributed by atoms with Gasteiger partial charge in [-0.25, -0.2) is 9.59 Å². The molecular formula is C17H24N2O6. The van der Waals surface area contributed by atoms with Crippen LogP contribution in [0, 0.1) is 6.92 Å². The largest absolute Gasteiger partial charge is 0.458 e. The molecule has 1 aromatic heterocycles. The molecule has 138 valence electrons. The highest BCUT2D eigenvalue weighted by Crippen LogP contribution is 2.40. The third kappa shape index (κ3) is 3.74. The van der Waals surface area contributed by atoms with Gasteiger partial charge in [-0.2, -0.15) is 0 Å². The van der Waals surface area contributed by atoms with E-state index in [1.807, 2.05) is 0 Å². The summed E-state index contributed by atoms with van der Waals surface area (Å²) in [5, 5.41) is 10.5. The van der Waals surface area contributed by atoms with E-state index in [2.05, 4.69) is 11.6 Å². The van der Waals surface area contributed by atoms with Crippen molar-refractivity contribution < 1.29 is 19.4 Å². The maximum atomic E-state index is 12.7. The zero-order chi connectivity index (χ0) is 19.0. The van der Waals surface area contributed by atoms with Gasteiger partial charge in [-0.05, 0) is 27.7 Å². The molecule has 8 heteroatoms. The number of nitrogens with zero attached hydrogens (tertiary/aromatic N) is 1. The number of hydrogen-bond acceptors (Lipinski definition) is 6. The van der Waals surface area contributed by atoms with Crippen LogP contribution in [0.1, 0.15) is 45.4 Å². The van der Waals surface area contributed by atoms with Crippen molar-refractivity contribution in [3.05, 3.63) is 45.3 Å². The molecular weight excluding hydrogens is 328 g/mol. The summed E-state index contributed by atoms with van der Waals surface area (Å²) < 4.78 is 12.4. The second-order valence-corrected chi connectivity index (χ2v) is 7.19. The average Bonchev–Trinajstić information content (AvgIpc) is 2.79. The summed E-state index contributed by atoms with van der Waals surface area (Å²) in [5.41, 5.74) is -3.27. The lowest BCUT2D eigenvalue weighted by Crippen LogP contribution is -2.50. The third-order valence-electron chi connectivity index (χ3n) is 3.96. The molecule has 1 fully saturated rings. The molecule has 1 saturated heterocycles. The fraction of sp³-hybridized carbons (Fsp3) is 0.588. The Morgan fingerprint density at radius 3 is 2.76 bits per heavy atom. The Kier molecular flexibility index (Phi) is 5.06. The first kappa shape index (κ1) is 19.1. The van der Waals surface area contributed by atoms with Crippen LogP contribution in [-0.4, -0.2) is 37.9 Å². The van der Waals surface area contributed by atoms with Crippen LogP contribution in [0.4, 0.5) is 0 Å². The number of aliphatic hydroxyl groups excluding tert-OH is 1. The van der Waals surface area contributed by atoms with Gasteiger partial charge in [-0.3, -0.25) is 14.3 Å². The molecule has 0 aromatic carbocycles. The summed E-state index contributed by atoms with van der Waals surface area (Å²) in [6, 6.07) is 0. The van der Waals surface area contributed by atoms with Crippen molar-refractivity contribution in [2.75, 3.05) is 0 Å². The van der Waals surface area contributed by atoms with Gasteiger partial charge in [0.1, 0.15) is 11.8 Å². The molecule has 3 atom stereocenters. The number of aryl methyl sites for hydroxylation is 1. The number of H-pyrrole nitrogens is 1. The third-order valence-corrected chi connectivity index (χ3v) is 3.96. The number of aromatic nitrogens is 2. The zero-order valence-corrected chi connectivity index (χ0v) is 14.9. The number of rotatable bonds is 4. The van der Waals surface area contributed by atoms with E-state index in [0.29, 0.717) is 5.56 Å². The Labute approximate surface area is 145 Å². The lowest BCUT2D eigenvalue weighted by molar-refractivity contribution is -0.193. The molecule has 25 heavy (non-hydrogen) atoms. The normalized spacial score (nSPS) is 26.4. The van der Waals surface area contributed by atoms with Gasteiger partial charge in [-0.1, -0.05) is 6.08 Å². The van der Waals surface area contributed by atoms with Gasteiger partial charge in [0.05, 0.1) is 6.10 Å². The Bertz CT molecular complexity index is 788. The maximum Gasteiger partial charge on any atom is 0.342 e. The standard InChI is InChI=1S/C17H24N2O6/c1-6-7-17(14(22)25-16(3,4)5)11(20)8-12(24-17)19-9-10(2)13(21)18-15(19)23/h6,9,11-12,20H,1,7-8H2,2-5H3,(H,18,21,23)/t11-,12+,17+/m0/s1. The number of carbonyl (C=O) groups excluding carboxylic acids is 1. The summed E-state index contributed by atoms with van der Waals surface area (Å²) in [6.07, 6.45) is 0.721. The molecule has 2 N–H and O–H groups in total. The summed E-state index contributed by atoms with van der Waals surface area (Å²) in [5.74, 6) is -0.718. The van der Waals surface area contributed by atoms with E-state index in [1.54, 1.807) is 27.7 Å². The summed E-state index contributed by atoms with van der Waals surface area (Å²) in [7, 11) is 0. The second kappa shape index (κ2) is 6.61. The minimum Gasteiger partial charge on any atom is -0.458 e. The Hall–Kier alpha value is -2.19. The molecule has 1 aromatic rings. The molecule has 8 nitrogen and oxygen atoms in total. The van der Waals surface area contributed by atoms with E-state index in [4.69, 9.17) is 9.47 Å². The molecule has 0 radical (unpaired) electrons. The first-order valence-electron chi connectivity index (χ1n) is 8.02. The molecule has 2 heterocycles. The topological polar surface area (TPSA) is 111 Å². The molecule has 0 unspecified atom stereocenters. The predicted octanol–water partition coefficient (Wildman–Crippen LogP) is 0.781. The molecule has 0 saturated carbocycles. The van der Waals surface area contributed by atoms with Crippen LogP contribution in [0.2, 0.25) is 0 Å². The van der Waals surface area contributed by atoms with Gasteiger partial charge in [0, 0.05) is 24.6 Å². The van der Waals surface area contributed by atoms with Crippen LogP contribution in [0.25, 0.3) is 0 Å². The van der Waals surface area contributed by atoms with Gasteiger partial charge in [0.25, 0.3) is 5.56 Å². The van der Waals surface area contributed by atoms with Crippen molar-refractivity contribution in [3.8, 4) is 0 Å². The van der Waals surface area contributed by atoms with E-state index in [-0.39, 0.29) is 12.8 Å². The lowest BCUT2D eigenvalue weighted by Gasteiger charge is -2.32. The van der Waals surface area contributed by atoms with E-state index in [9.17, 15) is 19.5 Å². The Morgan fingerprint density at radius 1 is 1.56 bits per heavy atom. The highest BCUT2D eigenvalue weighted by molar-refractivity contribution is 5.81. The SMILES string of the molecule is C=CC[C@@]1(C(=O)OC(C)(C)C)O[C@@H](n2cc(C)c(=O)[nH]c2=O)C[C@@H]1O. The van der Waals surface area contributed by atoms with E-state index in [1.165, 1.54) is 12.3 Å². The van der Waals surface area contributed by atoms with Crippen LogP contribution in [0.3, 0.4) is 0 Å². The molecule has 1 aliphatic heterocycles. The smallest absolute Gasteiger partial charge is 0.342 e. The van der Waals surface area contributed by atoms with Crippen LogP contribution in [0.5, 0.6) is 0 Å². The molecule has 0 spiro atoms. The minimum absolute atomic E-state index is 0.00151. The van der Waals surface area contributed by atoms with Crippen LogP contribution in [0.15, 0.2) is 28.4 Å². The molecule has 2 rings (SSSR count). The van der Waals surface area contributed by atoms with Gasteiger partial charge < -0.3 is 14.6 Å². The predicted molar refractivity (Wildman–Crippen MR) is 90.2 cm³/mol. The van der Waals surface area contributed by atoms with E-state index >= 15 is 0 Å². The summed E-state index contributed by atoms with van der Waals surface area (Å²) in [6.45, 7) is 10.3. The van der Waals surface area contributed by atoms with Crippen LogP contribution in [-0.2, 0) is 14.3 Å². The van der Waals surface area contributed by atoms with Gasteiger partial charge >= 0.3 is 11.7 Å². The molecule has 0 bridgehead atoms. The number of aliphatic hydroxyl groups is 1.